The molecule has 3 aromatic carbocycles. The Morgan fingerprint density at radius 1 is 0.848 bits per heavy atom. The Balaban J connectivity index is 1.34. The van der Waals surface area contributed by atoms with Crippen molar-refractivity contribution in [1.82, 2.24) is 9.80 Å². The fraction of sp³-hybridized carbons (Fsp3) is 0.259. The van der Waals surface area contributed by atoms with Gasteiger partial charge in [-0.3, -0.25) is 9.59 Å². The lowest BCUT2D eigenvalue weighted by atomic mass is 10.0. The minimum Gasteiger partial charge on any atom is -0.368 e. The van der Waals surface area contributed by atoms with Crippen LogP contribution in [0.5, 0.6) is 0 Å². The molecule has 2 amide bonds. The fourth-order valence-electron chi connectivity index (χ4n) is 4.74. The molecule has 168 valence electrons. The number of hydrogen-bond donors (Lipinski definition) is 0. The molecule has 0 spiro atoms. The van der Waals surface area contributed by atoms with Crippen molar-refractivity contribution < 1.29 is 14.0 Å². The van der Waals surface area contributed by atoms with Crippen LogP contribution in [0.3, 0.4) is 0 Å². The van der Waals surface area contributed by atoms with Crippen LogP contribution in [-0.4, -0.2) is 53.8 Å². The second-order valence-corrected chi connectivity index (χ2v) is 8.58. The van der Waals surface area contributed by atoms with Gasteiger partial charge in [-0.05, 0) is 41.5 Å². The van der Waals surface area contributed by atoms with Crippen molar-refractivity contribution in [1.29, 1.82) is 0 Å². The SMILES string of the molecule is O=C([C@H](Cc1ccccc1)N1Cc2ccccc2C1=O)N1CCN(c2ccc(F)cc2)CC1. The molecule has 0 N–H and O–H groups in total. The number of rotatable bonds is 5. The third-order valence-electron chi connectivity index (χ3n) is 6.57. The number of carbonyl (C=O) groups excluding carboxylic acids is 2. The number of nitrogens with zero attached hydrogens (tertiary/aromatic N) is 3. The van der Waals surface area contributed by atoms with E-state index in [9.17, 15) is 14.0 Å². The predicted octanol–water partition coefficient (Wildman–Crippen LogP) is 3.74. The lowest BCUT2D eigenvalue weighted by molar-refractivity contribution is -0.136. The van der Waals surface area contributed by atoms with Crippen molar-refractivity contribution in [3.8, 4) is 0 Å². The van der Waals surface area contributed by atoms with Gasteiger partial charge in [0.2, 0.25) is 5.91 Å². The van der Waals surface area contributed by atoms with Gasteiger partial charge in [-0.2, -0.15) is 0 Å². The van der Waals surface area contributed by atoms with E-state index in [0.29, 0.717) is 44.7 Å². The number of hydrogen-bond acceptors (Lipinski definition) is 3. The lowest BCUT2D eigenvalue weighted by Gasteiger charge is -2.39. The van der Waals surface area contributed by atoms with Gasteiger partial charge in [0, 0.05) is 50.4 Å². The number of anilines is 1. The maximum atomic E-state index is 13.7. The molecule has 0 unspecified atom stereocenters. The average Bonchev–Trinajstić information content (AvgIpc) is 3.20. The number of amides is 2. The maximum absolute atomic E-state index is 13.7. The van der Waals surface area contributed by atoms with E-state index in [4.69, 9.17) is 0 Å². The van der Waals surface area contributed by atoms with Gasteiger partial charge in [0.1, 0.15) is 11.9 Å². The molecule has 2 heterocycles. The van der Waals surface area contributed by atoms with E-state index < -0.39 is 6.04 Å². The molecule has 0 saturated carbocycles. The van der Waals surface area contributed by atoms with Crippen LogP contribution in [0.25, 0.3) is 0 Å². The number of piperazine rings is 1. The van der Waals surface area contributed by atoms with Crippen LogP contribution in [0.1, 0.15) is 21.5 Å². The molecule has 3 aromatic rings. The molecule has 1 saturated heterocycles. The molecule has 2 aliphatic heterocycles. The summed E-state index contributed by atoms with van der Waals surface area (Å²) in [5, 5.41) is 0. The quantitative estimate of drug-likeness (QED) is 0.604. The smallest absolute Gasteiger partial charge is 0.255 e. The van der Waals surface area contributed by atoms with Crippen molar-refractivity contribution in [2.24, 2.45) is 0 Å². The molecule has 0 aliphatic carbocycles. The first-order valence-electron chi connectivity index (χ1n) is 11.3. The topological polar surface area (TPSA) is 43.9 Å². The zero-order chi connectivity index (χ0) is 22.8. The van der Waals surface area contributed by atoms with Crippen LogP contribution in [0.2, 0.25) is 0 Å². The first-order valence-corrected chi connectivity index (χ1v) is 11.3. The summed E-state index contributed by atoms with van der Waals surface area (Å²) in [6, 6.07) is 23.4. The summed E-state index contributed by atoms with van der Waals surface area (Å²) in [6.45, 7) is 2.92. The van der Waals surface area contributed by atoms with Crippen LogP contribution in [0, 0.1) is 5.82 Å². The van der Waals surface area contributed by atoms with Crippen LogP contribution in [0.4, 0.5) is 10.1 Å². The molecule has 0 aromatic heterocycles. The molecule has 1 atom stereocenters. The number of fused-ring (bicyclic) bond motifs is 1. The van der Waals surface area contributed by atoms with E-state index in [2.05, 4.69) is 4.90 Å². The number of halogens is 1. The van der Waals surface area contributed by atoms with Crippen molar-refractivity contribution >= 4 is 17.5 Å². The zero-order valence-corrected chi connectivity index (χ0v) is 18.4. The number of carbonyl (C=O) groups is 2. The van der Waals surface area contributed by atoms with Gasteiger partial charge >= 0.3 is 0 Å². The summed E-state index contributed by atoms with van der Waals surface area (Å²) in [6.07, 6.45) is 0.484. The second-order valence-electron chi connectivity index (χ2n) is 8.58. The Hall–Kier alpha value is -3.67. The van der Waals surface area contributed by atoms with Crippen molar-refractivity contribution in [2.75, 3.05) is 31.1 Å². The van der Waals surface area contributed by atoms with Gasteiger partial charge in [0.25, 0.3) is 5.91 Å². The molecule has 33 heavy (non-hydrogen) atoms. The summed E-state index contributed by atoms with van der Waals surface area (Å²) < 4.78 is 13.3. The third-order valence-corrected chi connectivity index (χ3v) is 6.57. The van der Waals surface area contributed by atoms with Crippen LogP contribution in [0.15, 0.2) is 78.9 Å². The van der Waals surface area contributed by atoms with Crippen molar-refractivity contribution in [3.05, 3.63) is 101 Å². The third kappa shape index (κ3) is 4.33. The predicted molar refractivity (Wildman–Crippen MR) is 125 cm³/mol. The van der Waals surface area contributed by atoms with Crippen LogP contribution in [-0.2, 0) is 17.8 Å². The van der Waals surface area contributed by atoms with Crippen molar-refractivity contribution in [3.63, 3.8) is 0 Å². The molecule has 1 fully saturated rings. The minimum atomic E-state index is -0.551. The summed E-state index contributed by atoms with van der Waals surface area (Å²) in [5.41, 5.74) is 3.64. The first-order chi connectivity index (χ1) is 16.1. The van der Waals surface area contributed by atoms with E-state index in [-0.39, 0.29) is 17.6 Å². The molecule has 5 rings (SSSR count). The van der Waals surface area contributed by atoms with E-state index >= 15 is 0 Å². The second kappa shape index (κ2) is 9.06. The Labute approximate surface area is 193 Å². The average molecular weight is 444 g/mol. The van der Waals surface area contributed by atoms with E-state index in [1.165, 1.54) is 12.1 Å². The van der Waals surface area contributed by atoms with Gasteiger partial charge in [0.15, 0.2) is 0 Å². The molecule has 5 nitrogen and oxygen atoms in total. The Morgan fingerprint density at radius 3 is 2.21 bits per heavy atom. The van der Waals surface area contributed by atoms with Gasteiger partial charge in [-0.25, -0.2) is 4.39 Å². The summed E-state index contributed by atoms with van der Waals surface area (Å²) in [4.78, 5) is 32.7. The van der Waals surface area contributed by atoms with Crippen LogP contribution >= 0.6 is 0 Å². The molecular formula is C27H26FN3O2. The molecule has 0 radical (unpaired) electrons. The zero-order valence-electron chi connectivity index (χ0n) is 18.4. The Kier molecular flexibility index (Phi) is 5.82. The maximum Gasteiger partial charge on any atom is 0.255 e. The highest BCUT2D eigenvalue weighted by Crippen LogP contribution is 2.27. The van der Waals surface area contributed by atoms with Gasteiger partial charge in [0.05, 0.1) is 0 Å². The molecule has 6 heteroatoms. The fourth-order valence-corrected chi connectivity index (χ4v) is 4.74. The highest BCUT2D eigenvalue weighted by Gasteiger charge is 2.38. The van der Waals surface area contributed by atoms with E-state index in [0.717, 1.165) is 16.8 Å². The van der Waals surface area contributed by atoms with Crippen LogP contribution < -0.4 is 4.90 Å². The largest absolute Gasteiger partial charge is 0.368 e. The summed E-state index contributed by atoms with van der Waals surface area (Å²) >= 11 is 0. The van der Waals surface area contributed by atoms with Gasteiger partial charge < -0.3 is 14.7 Å². The highest BCUT2D eigenvalue weighted by molar-refractivity contribution is 6.01. The van der Waals surface area contributed by atoms with E-state index in [1.54, 1.807) is 17.0 Å². The normalized spacial score (nSPS) is 16.6. The molecule has 0 bridgehead atoms. The summed E-state index contributed by atoms with van der Waals surface area (Å²) in [5.74, 6) is -0.351. The lowest BCUT2D eigenvalue weighted by Crippen LogP contribution is -2.55. The molecular weight excluding hydrogens is 417 g/mol. The monoisotopic (exact) mass is 443 g/mol. The number of benzene rings is 3. The van der Waals surface area contributed by atoms with E-state index in [1.807, 2.05) is 59.5 Å². The highest BCUT2D eigenvalue weighted by atomic mass is 19.1. The van der Waals surface area contributed by atoms with Crippen molar-refractivity contribution in [2.45, 2.75) is 19.0 Å². The Bertz CT molecular complexity index is 1140. The summed E-state index contributed by atoms with van der Waals surface area (Å²) in [7, 11) is 0. The molecule has 2 aliphatic rings. The van der Waals surface area contributed by atoms with Gasteiger partial charge in [-0.15, -0.1) is 0 Å². The Morgan fingerprint density at radius 2 is 1.52 bits per heavy atom. The minimum absolute atomic E-state index is 0.0150. The first kappa shape index (κ1) is 21.2. The standard InChI is InChI=1S/C27H26FN3O2/c28-22-10-12-23(13-11-22)29-14-16-30(17-15-29)27(33)25(18-20-6-2-1-3-7-20)31-19-21-8-4-5-9-24(21)26(31)32/h1-13,25H,14-19H2/t25-/m0/s1. The van der Waals surface area contributed by atoms with Gasteiger partial charge in [-0.1, -0.05) is 48.5 Å².